The Kier molecular flexibility index (Phi) is 4.42. The zero-order valence-corrected chi connectivity index (χ0v) is 16.2. The number of imidazole rings is 1. The fraction of sp³-hybridized carbons (Fsp3) is 0.455. The van der Waals surface area contributed by atoms with E-state index in [4.69, 9.17) is 9.72 Å². The molecule has 2 fully saturated rings. The van der Waals surface area contributed by atoms with Gasteiger partial charge in [-0.25, -0.2) is 4.98 Å². The van der Waals surface area contributed by atoms with Gasteiger partial charge in [0.2, 0.25) is 0 Å². The molecule has 2 aliphatic heterocycles. The third-order valence-corrected chi connectivity index (χ3v) is 6.16. The molecule has 0 unspecified atom stereocenters. The summed E-state index contributed by atoms with van der Waals surface area (Å²) in [5, 5.41) is 13.6. The molecule has 1 N–H and O–H groups in total. The summed E-state index contributed by atoms with van der Waals surface area (Å²) in [6.07, 6.45) is 1.93. The molecule has 4 heterocycles. The van der Waals surface area contributed by atoms with Crippen molar-refractivity contribution in [2.75, 3.05) is 44.3 Å². The summed E-state index contributed by atoms with van der Waals surface area (Å²) in [6, 6.07) is 10.7. The normalized spacial score (nSPS) is 18.6. The molecule has 0 bridgehead atoms. The Hall–Kier alpha value is -2.62. The van der Waals surface area contributed by atoms with Crippen molar-refractivity contribution in [1.82, 2.24) is 14.7 Å². The maximum atomic E-state index is 10.1. The predicted molar refractivity (Wildman–Crippen MR) is 110 cm³/mol. The first-order chi connectivity index (χ1) is 13.8. The van der Waals surface area contributed by atoms with Crippen LogP contribution in [0.15, 0.2) is 24.3 Å². The smallest absolute Gasteiger partial charge is 0.157 e. The van der Waals surface area contributed by atoms with E-state index in [0.29, 0.717) is 5.92 Å². The van der Waals surface area contributed by atoms with Crippen LogP contribution in [0.2, 0.25) is 0 Å². The van der Waals surface area contributed by atoms with Gasteiger partial charge in [0.1, 0.15) is 11.9 Å². The number of fused-ring (bicyclic) bond motifs is 3. The number of rotatable bonds is 2. The highest BCUT2D eigenvalue weighted by atomic mass is 16.5. The molecule has 6 nitrogen and oxygen atoms in total. The molecule has 3 aromatic rings. The van der Waals surface area contributed by atoms with Gasteiger partial charge in [-0.05, 0) is 48.9 Å². The van der Waals surface area contributed by atoms with E-state index in [1.807, 2.05) is 18.2 Å². The summed E-state index contributed by atoms with van der Waals surface area (Å²) >= 11 is 0. The second-order valence-electron chi connectivity index (χ2n) is 7.73. The molecule has 28 heavy (non-hydrogen) atoms. The van der Waals surface area contributed by atoms with E-state index in [2.05, 4.69) is 33.7 Å². The van der Waals surface area contributed by atoms with Crippen LogP contribution in [0.4, 0.5) is 5.82 Å². The Bertz CT molecular complexity index is 1070. The molecule has 0 radical (unpaired) electrons. The Morgan fingerprint density at radius 1 is 1.18 bits per heavy atom. The van der Waals surface area contributed by atoms with E-state index in [-0.39, 0.29) is 0 Å². The van der Waals surface area contributed by atoms with Crippen LogP contribution in [0.3, 0.4) is 0 Å². The SMILES string of the molecule is Cc1c(C2CCOCC2)c(C#N)c2nc3ccccc3n2c1N1CCNCC1. The average Bonchev–Trinajstić information content (AvgIpc) is 3.13. The number of hydrogen-bond acceptors (Lipinski definition) is 5. The zero-order chi connectivity index (χ0) is 19.1. The highest BCUT2D eigenvalue weighted by Crippen LogP contribution is 2.39. The van der Waals surface area contributed by atoms with Gasteiger partial charge < -0.3 is 15.0 Å². The minimum absolute atomic E-state index is 0.356. The number of para-hydroxylation sites is 2. The van der Waals surface area contributed by atoms with Gasteiger partial charge in [0, 0.05) is 39.4 Å². The number of pyridine rings is 1. The largest absolute Gasteiger partial charge is 0.381 e. The minimum Gasteiger partial charge on any atom is -0.381 e. The Morgan fingerprint density at radius 3 is 2.68 bits per heavy atom. The van der Waals surface area contributed by atoms with Crippen LogP contribution in [0.1, 0.15) is 35.4 Å². The Morgan fingerprint density at radius 2 is 1.93 bits per heavy atom. The number of nitriles is 1. The van der Waals surface area contributed by atoms with Crippen LogP contribution in [0.5, 0.6) is 0 Å². The molecule has 5 rings (SSSR count). The van der Waals surface area contributed by atoms with Gasteiger partial charge in [-0.3, -0.25) is 4.40 Å². The van der Waals surface area contributed by atoms with E-state index in [1.165, 1.54) is 16.9 Å². The number of ether oxygens (including phenoxy) is 1. The number of aromatic nitrogens is 2. The molecule has 144 valence electrons. The summed E-state index contributed by atoms with van der Waals surface area (Å²) in [5.74, 6) is 1.56. The van der Waals surface area contributed by atoms with Gasteiger partial charge >= 0.3 is 0 Å². The van der Waals surface area contributed by atoms with Crippen molar-refractivity contribution in [3.8, 4) is 6.07 Å². The van der Waals surface area contributed by atoms with Crippen LogP contribution < -0.4 is 10.2 Å². The Labute approximate surface area is 164 Å². The number of anilines is 1. The number of nitrogens with zero attached hydrogens (tertiary/aromatic N) is 4. The van der Waals surface area contributed by atoms with Crippen molar-refractivity contribution in [3.63, 3.8) is 0 Å². The molecule has 2 aliphatic rings. The summed E-state index contributed by atoms with van der Waals surface area (Å²) in [6.45, 7) is 7.58. The van der Waals surface area contributed by atoms with Gasteiger partial charge in [0.25, 0.3) is 0 Å². The molecular formula is C22H25N5O. The topological polar surface area (TPSA) is 65.6 Å². The fourth-order valence-electron chi connectivity index (χ4n) is 4.87. The Balaban J connectivity index is 1.86. The summed E-state index contributed by atoms with van der Waals surface area (Å²) in [4.78, 5) is 7.36. The first kappa shape index (κ1) is 17.5. The van der Waals surface area contributed by atoms with Gasteiger partial charge in [-0.2, -0.15) is 5.26 Å². The van der Waals surface area contributed by atoms with E-state index in [9.17, 15) is 5.26 Å². The minimum atomic E-state index is 0.356. The third kappa shape index (κ3) is 2.66. The van der Waals surface area contributed by atoms with Gasteiger partial charge in [-0.1, -0.05) is 12.1 Å². The average molecular weight is 375 g/mol. The molecule has 1 aromatic carbocycles. The zero-order valence-electron chi connectivity index (χ0n) is 16.2. The van der Waals surface area contributed by atoms with Crippen molar-refractivity contribution in [2.45, 2.75) is 25.7 Å². The highest BCUT2D eigenvalue weighted by Gasteiger charge is 2.29. The summed E-state index contributed by atoms with van der Waals surface area (Å²) in [7, 11) is 0. The molecule has 0 saturated carbocycles. The van der Waals surface area contributed by atoms with Crippen molar-refractivity contribution < 1.29 is 4.74 Å². The standard InChI is InChI=1S/C22H25N5O/c1-15-20(16-6-12-28-13-7-16)17(14-23)21-25-18-4-2-3-5-19(18)27(21)22(15)26-10-8-24-9-11-26/h2-5,16,24H,6-13H2,1H3. The summed E-state index contributed by atoms with van der Waals surface area (Å²) < 4.78 is 7.81. The molecule has 0 amide bonds. The van der Waals surface area contributed by atoms with Crippen LogP contribution in [0, 0.1) is 18.3 Å². The maximum Gasteiger partial charge on any atom is 0.157 e. The van der Waals surface area contributed by atoms with Crippen LogP contribution in [0.25, 0.3) is 16.7 Å². The second kappa shape index (κ2) is 7.08. The van der Waals surface area contributed by atoms with Crippen molar-refractivity contribution in [2.24, 2.45) is 0 Å². The fourth-order valence-corrected chi connectivity index (χ4v) is 4.87. The molecule has 0 atom stereocenters. The predicted octanol–water partition coefficient (Wildman–Crippen LogP) is 2.97. The molecular weight excluding hydrogens is 350 g/mol. The van der Waals surface area contributed by atoms with E-state index in [0.717, 1.165) is 74.5 Å². The molecule has 0 spiro atoms. The van der Waals surface area contributed by atoms with Crippen LogP contribution >= 0.6 is 0 Å². The number of nitrogens with one attached hydrogen (secondary N) is 1. The monoisotopic (exact) mass is 375 g/mol. The van der Waals surface area contributed by atoms with Crippen molar-refractivity contribution in [3.05, 3.63) is 41.0 Å². The maximum absolute atomic E-state index is 10.1. The summed E-state index contributed by atoms with van der Waals surface area (Å²) in [5.41, 5.74) is 5.95. The van der Waals surface area contributed by atoms with Gasteiger partial charge in [0.15, 0.2) is 5.65 Å². The van der Waals surface area contributed by atoms with Crippen LogP contribution in [-0.4, -0.2) is 48.8 Å². The van der Waals surface area contributed by atoms with E-state index < -0.39 is 0 Å². The lowest BCUT2D eigenvalue weighted by molar-refractivity contribution is 0.0852. The highest BCUT2D eigenvalue weighted by molar-refractivity contribution is 5.86. The lowest BCUT2D eigenvalue weighted by atomic mass is 9.86. The lowest BCUT2D eigenvalue weighted by Crippen LogP contribution is -2.44. The first-order valence-corrected chi connectivity index (χ1v) is 10.2. The van der Waals surface area contributed by atoms with Crippen molar-refractivity contribution in [1.29, 1.82) is 5.26 Å². The number of piperazine rings is 1. The lowest BCUT2D eigenvalue weighted by Gasteiger charge is -2.34. The second-order valence-corrected chi connectivity index (χ2v) is 7.73. The van der Waals surface area contributed by atoms with E-state index >= 15 is 0 Å². The molecule has 2 aromatic heterocycles. The van der Waals surface area contributed by atoms with Gasteiger partial charge in [0.05, 0.1) is 16.6 Å². The number of hydrogen-bond donors (Lipinski definition) is 1. The molecule has 6 heteroatoms. The number of benzene rings is 1. The van der Waals surface area contributed by atoms with E-state index in [1.54, 1.807) is 0 Å². The first-order valence-electron chi connectivity index (χ1n) is 10.2. The molecule has 2 saturated heterocycles. The van der Waals surface area contributed by atoms with Gasteiger partial charge in [-0.15, -0.1) is 0 Å². The quantitative estimate of drug-likeness (QED) is 0.746. The third-order valence-electron chi connectivity index (χ3n) is 6.16. The van der Waals surface area contributed by atoms with Crippen molar-refractivity contribution >= 4 is 22.5 Å². The van der Waals surface area contributed by atoms with Crippen LogP contribution in [-0.2, 0) is 4.74 Å². The molecule has 0 aliphatic carbocycles.